The van der Waals surface area contributed by atoms with E-state index >= 15 is 0 Å². The lowest BCUT2D eigenvalue weighted by atomic mass is 10.3. The minimum Gasteiger partial charge on any atom is -0.744 e. The zero-order valence-corrected chi connectivity index (χ0v) is 14.2. The van der Waals surface area contributed by atoms with Gasteiger partial charge in [-0.05, 0) is 60.7 Å². The van der Waals surface area contributed by atoms with Crippen molar-refractivity contribution < 1.29 is 25.9 Å². The van der Waals surface area contributed by atoms with E-state index in [2.05, 4.69) is 10.6 Å². The van der Waals surface area contributed by atoms with Crippen LogP contribution < -0.4 is 10.6 Å². The van der Waals surface area contributed by atoms with Crippen molar-refractivity contribution in [3.8, 4) is 0 Å². The van der Waals surface area contributed by atoms with Crippen LogP contribution in [0.5, 0.6) is 0 Å². The van der Waals surface area contributed by atoms with Gasteiger partial charge in [-0.25, -0.2) is 16.8 Å². The number of anilines is 2. The monoisotopic (exact) mass is 386 g/mol. The van der Waals surface area contributed by atoms with Gasteiger partial charge in [-0.3, -0.25) is 0 Å². The molecule has 0 heterocycles. The van der Waals surface area contributed by atoms with E-state index in [1.165, 1.54) is 24.3 Å². The second-order valence-electron chi connectivity index (χ2n) is 4.54. The summed E-state index contributed by atoms with van der Waals surface area (Å²) in [4.78, 5) is -0.720. The Morgan fingerprint density at radius 3 is 1.25 bits per heavy atom. The molecule has 0 spiro atoms. The second kappa shape index (κ2) is 6.83. The lowest BCUT2D eigenvalue weighted by Gasteiger charge is -2.13. The van der Waals surface area contributed by atoms with E-state index in [1.54, 1.807) is 0 Å². The third kappa shape index (κ3) is 4.97. The van der Waals surface area contributed by atoms with Gasteiger partial charge in [0.15, 0.2) is 5.11 Å². The Morgan fingerprint density at radius 2 is 1.00 bits per heavy atom. The molecule has 0 amide bonds. The summed E-state index contributed by atoms with van der Waals surface area (Å²) in [6, 6.07) is 10.0. The molecule has 24 heavy (non-hydrogen) atoms. The summed E-state index contributed by atoms with van der Waals surface area (Å²) in [7, 11) is -9.03. The maximum absolute atomic E-state index is 10.8. The van der Waals surface area contributed by atoms with Crippen LogP contribution in [0, 0.1) is 0 Å². The van der Waals surface area contributed by atoms with Gasteiger partial charge in [0.05, 0.1) is 9.79 Å². The Labute approximate surface area is 144 Å². The summed E-state index contributed by atoms with van der Waals surface area (Å²) in [5.74, 6) is 0. The highest BCUT2D eigenvalue weighted by atomic mass is 32.2. The van der Waals surface area contributed by atoms with Gasteiger partial charge in [0, 0.05) is 11.4 Å². The first-order chi connectivity index (χ1) is 11.1. The summed E-state index contributed by atoms with van der Waals surface area (Å²) in [5, 5.41) is 5.66. The van der Waals surface area contributed by atoms with E-state index in [9.17, 15) is 25.9 Å². The molecule has 11 heteroatoms. The Morgan fingerprint density at radius 1 is 0.708 bits per heavy atom. The van der Waals surface area contributed by atoms with E-state index in [0.717, 1.165) is 24.3 Å². The second-order valence-corrected chi connectivity index (χ2v) is 7.70. The van der Waals surface area contributed by atoms with Crippen LogP contribution in [0.25, 0.3) is 0 Å². The molecular formula is C13H10N2O6S3-2. The lowest BCUT2D eigenvalue weighted by Crippen LogP contribution is -2.19. The molecule has 0 saturated carbocycles. The zero-order chi connectivity index (χ0) is 18.0. The van der Waals surface area contributed by atoms with Gasteiger partial charge in [-0.1, -0.05) is 0 Å². The molecule has 0 aliphatic rings. The third-order valence-corrected chi connectivity index (χ3v) is 4.70. The first kappa shape index (κ1) is 18.3. The van der Waals surface area contributed by atoms with E-state index < -0.39 is 20.2 Å². The van der Waals surface area contributed by atoms with Gasteiger partial charge in [0.2, 0.25) is 0 Å². The maximum Gasteiger partial charge on any atom is 0.175 e. The SMILES string of the molecule is O=S(=O)([O-])c1ccc(NC(=S)Nc2ccc(S(=O)(=O)[O-])cc2)cc1. The summed E-state index contributed by atoms with van der Waals surface area (Å²) in [6.45, 7) is 0. The van der Waals surface area contributed by atoms with Crippen LogP contribution in [-0.4, -0.2) is 31.1 Å². The lowest BCUT2D eigenvalue weighted by molar-refractivity contribution is 0.461. The Kier molecular flexibility index (Phi) is 5.20. The number of hydrogen-bond acceptors (Lipinski definition) is 7. The summed E-state index contributed by atoms with van der Waals surface area (Å²) >= 11 is 5.05. The molecule has 0 aliphatic carbocycles. The van der Waals surface area contributed by atoms with E-state index in [1.807, 2.05) is 0 Å². The van der Waals surface area contributed by atoms with Gasteiger partial charge in [-0.2, -0.15) is 0 Å². The minimum atomic E-state index is -4.51. The van der Waals surface area contributed by atoms with Crippen LogP contribution in [0.15, 0.2) is 58.3 Å². The standard InChI is InChI=1S/C13H12N2O6S3/c16-23(17,18)11-5-1-9(2-6-11)14-13(22)15-10-3-7-12(8-4-10)24(19,20)21/h1-8H,(H2,14,15,22)(H,16,17,18)(H,19,20,21)/p-2. The van der Waals surface area contributed by atoms with Crippen molar-refractivity contribution in [1.29, 1.82) is 0 Å². The topological polar surface area (TPSA) is 138 Å². The number of nitrogens with one attached hydrogen (secondary N) is 2. The molecule has 2 rings (SSSR count). The fourth-order valence-corrected chi connectivity index (χ4v) is 2.88. The first-order valence-corrected chi connectivity index (χ1v) is 9.48. The molecule has 0 radical (unpaired) electrons. The van der Waals surface area contributed by atoms with Gasteiger partial charge < -0.3 is 19.7 Å². The summed E-state index contributed by atoms with van der Waals surface area (Å²) in [5.41, 5.74) is 0.886. The van der Waals surface area contributed by atoms with Crippen LogP contribution >= 0.6 is 12.2 Å². The number of thiocarbonyl (C=S) groups is 1. The molecule has 0 saturated heterocycles. The maximum atomic E-state index is 10.8. The van der Waals surface area contributed by atoms with Crippen molar-refractivity contribution in [1.82, 2.24) is 0 Å². The normalized spacial score (nSPS) is 11.8. The quantitative estimate of drug-likeness (QED) is 0.588. The fraction of sp³-hybridized carbons (Fsp3) is 0. The zero-order valence-electron chi connectivity index (χ0n) is 11.8. The van der Waals surface area contributed by atoms with Crippen molar-refractivity contribution in [2.24, 2.45) is 0 Å². The summed E-state index contributed by atoms with van der Waals surface area (Å²) in [6.07, 6.45) is 0. The fourth-order valence-electron chi connectivity index (χ4n) is 1.70. The average molecular weight is 386 g/mol. The molecule has 2 N–H and O–H groups in total. The molecule has 0 unspecified atom stereocenters. The van der Waals surface area contributed by atoms with Crippen molar-refractivity contribution in [3.63, 3.8) is 0 Å². The van der Waals surface area contributed by atoms with Crippen LogP contribution in [0.2, 0.25) is 0 Å². The molecule has 0 atom stereocenters. The highest BCUT2D eigenvalue weighted by Crippen LogP contribution is 2.16. The highest BCUT2D eigenvalue weighted by Gasteiger charge is 2.04. The van der Waals surface area contributed by atoms with Crippen molar-refractivity contribution in [2.45, 2.75) is 9.79 Å². The first-order valence-electron chi connectivity index (χ1n) is 6.26. The van der Waals surface area contributed by atoms with E-state index in [-0.39, 0.29) is 14.9 Å². The molecule has 2 aromatic rings. The van der Waals surface area contributed by atoms with Crippen molar-refractivity contribution in [2.75, 3.05) is 10.6 Å². The average Bonchev–Trinajstić information content (AvgIpc) is 2.46. The summed E-state index contributed by atoms with van der Waals surface area (Å²) < 4.78 is 65.0. The van der Waals surface area contributed by atoms with Crippen molar-refractivity contribution in [3.05, 3.63) is 48.5 Å². The Bertz CT molecular complexity index is 872. The van der Waals surface area contributed by atoms with E-state index in [0.29, 0.717) is 11.4 Å². The largest absolute Gasteiger partial charge is 0.744 e. The molecule has 8 nitrogen and oxygen atoms in total. The minimum absolute atomic E-state index is 0.144. The Hall–Kier alpha value is -2.05. The van der Waals surface area contributed by atoms with Crippen LogP contribution in [-0.2, 0) is 20.2 Å². The van der Waals surface area contributed by atoms with Crippen LogP contribution in [0.1, 0.15) is 0 Å². The van der Waals surface area contributed by atoms with Gasteiger partial charge in [-0.15, -0.1) is 0 Å². The number of benzene rings is 2. The molecule has 2 aromatic carbocycles. The van der Waals surface area contributed by atoms with Gasteiger partial charge in [0.1, 0.15) is 20.2 Å². The van der Waals surface area contributed by atoms with Gasteiger partial charge >= 0.3 is 0 Å². The smallest absolute Gasteiger partial charge is 0.175 e. The molecule has 0 aliphatic heterocycles. The van der Waals surface area contributed by atoms with Crippen LogP contribution in [0.4, 0.5) is 11.4 Å². The predicted octanol–water partition coefficient (Wildman–Crippen LogP) is 1.30. The highest BCUT2D eigenvalue weighted by molar-refractivity contribution is 7.86. The molecule has 0 aromatic heterocycles. The van der Waals surface area contributed by atoms with Crippen LogP contribution in [0.3, 0.4) is 0 Å². The van der Waals surface area contributed by atoms with E-state index in [4.69, 9.17) is 12.2 Å². The molecule has 0 bridgehead atoms. The molecular weight excluding hydrogens is 376 g/mol. The van der Waals surface area contributed by atoms with Crippen molar-refractivity contribution >= 4 is 48.9 Å². The molecule has 128 valence electrons. The molecule has 0 fully saturated rings. The number of hydrogen-bond donors (Lipinski definition) is 2. The Balaban J connectivity index is 2.03. The predicted molar refractivity (Wildman–Crippen MR) is 88.7 cm³/mol. The van der Waals surface area contributed by atoms with Gasteiger partial charge in [0.25, 0.3) is 0 Å². The number of rotatable bonds is 4. The third-order valence-electron chi connectivity index (χ3n) is 2.80.